The SMILES string of the molecule is CCCNc1cc(-c2cc(Cl)cc(Cl)c2)nc(C)n1. The van der Waals surface area contributed by atoms with Gasteiger partial charge in [0.05, 0.1) is 5.69 Å². The molecule has 1 aromatic carbocycles. The number of rotatable bonds is 4. The zero-order valence-corrected chi connectivity index (χ0v) is 12.4. The number of aromatic nitrogens is 2. The fourth-order valence-electron chi connectivity index (χ4n) is 1.76. The van der Waals surface area contributed by atoms with Crippen molar-refractivity contribution in [3.8, 4) is 11.3 Å². The van der Waals surface area contributed by atoms with Gasteiger partial charge in [0.2, 0.25) is 0 Å². The molecule has 0 radical (unpaired) electrons. The van der Waals surface area contributed by atoms with Gasteiger partial charge in [-0.3, -0.25) is 0 Å². The van der Waals surface area contributed by atoms with E-state index in [-0.39, 0.29) is 0 Å². The van der Waals surface area contributed by atoms with Gasteiger partial charge in [0.1, 0.15) is 11.6 Å². The Labute approximate surface area is 123 Å². The Balaban J connectivity index is 2.40. The molecule has 0 amide bonds. The molecule has 0 saturated carbocycles. The molecule has 1 aromatic heterocycles. The normalized spacial score (nSPS) is 10.5. The molecule has 0 atom stereocenters. The molecule has 1 N–H and O–H groups in total. The average Bonchev–Trinajstić information content (AvgIpc) is 2.34. The van der Waals surface area contributed by atoms with Crippen LogP contribution >= 0.6 is 23.2 Å². The average molecular weight is 296 g/mol. The fraction of sp³-hybridized carbons (Fsp3) is 0.286. The van der Waals surface area contributed by atoms with Crippen LogP contribution in [0.4, 0.5) is 5.82 Å². The van der Waals surface area contributed by atoms with E-state index in [4.69, 9.17) is 23.2 Å². The largest absolute Gasteiger partial charge is 0.370 e. The topological polar surface area (TPSA) is 37.8 Å². The molecule has 0 aliphatic heterocycles. The molecular weight excluding hydrogens is 281 g/mol. The van der Waals surface area contributed by atoms with Crippen molar-refractivity contribution in [3.05, 3.63) is 40.1 Å². The van der Waals surface area contributed by atoms with E-state index >= 15 is 0 Å². The van der Waals surface area contributed by atoms with Crippen LogP contribution < -0.4 is 5.32 Å². The van der Waals surface area contributed by atoms with Crippen LogP contribution in [0.15, 0.2) is 24.3 Å². The van der Waals surface area contributed by atoms with Crippen molar-refractivity contribution < 1.29 is 0 Å². The summed E-state index contributed by atoms with van der Waals surface area (Å²) in [5, 5.41) is 4.46. The monoisotopic (exact) mass is 295 g/mol. The Bertz CT molecular complexity index is 565. The molecule has 2 rings (SSSR count). The maximum Gasteiger partial charge on any atom is 0.130 e. The van der Waals surface area contributed by atoms with E-state index in [2.05, 4.69) is 22.2 Å². The third kappa shape index (κ3) is 3.82. The Hall–Kier alpha value is -1.32. The minimum atomic E-state index is 0.599. The molecule has 0 bridgehead atoms. The van der Waals surface area contributed by atoms with E-state index in [9.17, 15) is 0 Å². The molecule has 0 unspecified atom stereocenters. The molecule has 0 fully saturated rings. The van der Waals surface area contributed by atoms with Gasteiger partial charge >= 0.3 is 0 Å². The van der Waals surface area contributed by atoms with Crippen LogP contribution in [-0.2, 0) is 0 Å². The van der Waals surface area contributed by atoms with Gasteiger partial charge in [0, 0.05) is 28.2 Å². The van der Waals surface area contributed by atoms with E-state index < -0.39 is 0 Å². The van der Waals surface area contributed by atoms with E-state index in [0.717, 1.165) is 30.0 Å². The minimum Gasteiger partial charge on any atom is -0.370 e. The molecule has 3 nitrogen and oxygen atoms in total. The van der Waals surface area contributed by atoms with Gasteiger partial charge in [0.15, 0.2) is 0 Å². The molecule has 2 aromatic rings. The summed E-state index contributed by atoms with van der Waals surface area (Å²) in [6.07, 6.45) is 1.04. The number of halogens is 2. The lowest BCUT2D eigenvalue weighted by Crippen LogP contribution is -2.04. The van der Waals surface area contributed by atoms with Crippen LogP contribution in [0.3, 0.4) is 0 Å². The summed E-state index contributed by atoms with van der Waals surface area (Å²) in [6.45, 7) is 4.86. The Morgan fingerprint density at radius 1 is 1.05 bits per heavy atom. The van der Waals surface area contributed by atoms with E-state index in [0.29, 0.717) is 15.9 Å². The summed E-state index contributed by atoms with van der Waals surface area (Å²) in [6, 6.07) is 7.30. The summed E-state index contributed by atoms with van der Waals surface area (Å²) in [7, 11) is 0. The highest BCUT2D eigenvalue weighted by Crippen LogP contribution is 2.27. The fourth-order valence-corrected chi connectivity index (χ4v) is 2.29. The lowest BCUT2D eigenvalue weighted by Gasteiger charge is -2.08. The van der Waals surface area contributed by atoms with Crippen LogP contribution in [0.1, 0.15) is 19.2 Å². The highest BCUT2D eigenvalue weighted by atomic mass is 35.5. The number of hydrogen-bond acceptors (Lipinski definition) is 3. The van der Waals surface area contributed by atoms with Crippen LogP contribution in [-0.4, -0.2) is 16.5 Å². The molecule has 19 heavy (non-hydrogen) atoms. The number of nitrogens with zero attached hydrogens (tertiary/aromatic N) is 2. The molecule has 100 valence electrons. The first-order valence-corrected chi connectivity index (χ1v) is 6.90. The molecule has 0 aliphatic rings. The van der Waals surface area contributed by atoms with Gasteiger partial charge in [-0.2, -0.15) is 0 Å². The Morgan fingerprint density at radius 3 is 2.37 bits per heavy atom. The molecule has 0 aliphatic carbocycles. The lowest BCUT2D eigenvalue weighted by atomic mass is 10.1. The minimum absolute atomic E-state index is 0.599. The molecule has 1 heterocycles. The smallest absolute Gasteiger partial charge is 0.130 e. The Morgan fingerprint density at radius 2 is 1.74 bits per heavy atom. The zero-order valence-electron chi connectivity index (χ0n) is 10.9. The van der Waals surface area contributed by atoms with Gasteiger partial charge < -0.3 is 5.32 Å². The number of anilines is 1. The summed E-state index contributed by atoms with van der Waals surface area (Å²) in [4.78, 5) is 8.78. The standard InChI is InChI=1S/C14H15Cl2N3/c1-3-4-17-14-8-13(18-9(2)19-14)10-5-11(15)7-12(16)6-10/h5-8H,3-4H2,1-2H3,(H,17,18,19). The maximum atomic E-state index is 6.02. The molecule has 5 heteroatoms. The first-order valence-electron chi connectivity index (χ1n) is 6.14. The van der Waals surface area contributed by atoms with Gasteiger partial charge in [-0.1, -0.05) is 30.1 Å². The van der Waals surface area contributed by atoms with Gasteiger partial charge in [0.25, 0.3) is 0 Å². The van der Waals surface area contributed by atoms with Crippen LogP contribution in [0.5, 0.6) is 0 Å². The highest BCUT2D eigenvalue weighted by molar-refractivity contribution is 6.35. The zero-order chi connectivity index (χ0) is 13.8. The lowest BCUT2D eigenvalue weighted by molar-refractivity contribution is 0.955. The van der Waals surface area contributed by atoms with Crippen molar-refractivity contribution in [2.45, 2.75) is 20.3 Å². The molecular formula is C14H15Cl2N3. The first kappa shape index (κ1) is 14.1. The Kier molecular flexibility index (Phi) is 4.61. The number of aryl methyl sites for hydroxylation is 1. The summed E-state index contributed by atoms with van der Waals surface area (Å²) in [5.74, 6) is 1.53. The summed E-state index contributed by atoms with van der Waals surface area (Å²) >= 11 is 12.0. The van der Waals surface area contributed by atoms with Crippen molar-refractivity contribution >= 4 is 29.0 Å². The second kappa shape index (κ2) is 6.22. The number of hydrogen-bond donors (Lipinski definition) is 1. The highest BCUT2D eigenvalue weighted by Gasteiger charge is 2.06. The third-order valence-corrected chi connectivity index (χ3v) is 2.99. The van der Waals surface area contributed by atoms with Crippen molar-refractivity contribution in [1.82, 2.24) is 9.97 Å². The van der Waals surface area contributed by atoms with E-state index in [1.165, 1.54) is 0 Å². The van der Waals surface area contributed by atoms with Crippen molar-refractivity contribution in [2.24, 2.45) is 0 Å². The van der Waals surface area contributed by atoms with Crippen LogP contribution in [0.25, 0.3) is 11.3 Å². The van der Waals surface area contributed by atoms with Crippen LogP contribution in [0, 0.1) is 6.92 Å². The maximum absolute atomic E-state index is 6.02. The second-order valence-electron chi connectivity index (χ2n) is 4.27. The predicted molar refractivity (Wildman–Crippen MR) is 81.0 cm³/mol. The van der Waals surface area contributed by atoms with E-state index in [1.807, 2.05) is 25.1 Å². The molecule has 0 spiro atoms. The van der Waals surface area contributed by atoms with Gasteiger partial charge in [-0.25, -0.2) is 9.97 Å². The number of nitrogens with one attached hydrogen (secondary N) is 1. The van der Waals surface area contributed by atoms with Crippen molar-refractivity contribution in [3.63, 3.8) is 0 Å². The quantitative estimate of drug-likeness (QED) is 0.897. The predicted octanol–water partition coefficient (Wildman–Crippen LogP) is 4.58. The second-order valence-corrected chi connectivity index (χ2v) is 5.14. The first-order chi connectivity index (χ1) is 9.08. The van der Waals surface area contributed by atoms with Crippen molar-refractivity contribution in [2.75, 3.05) is 11.9 Å². The molecule has 0 saturated heterocycles. The number of benzene rings is 1. The summed E-state index contributed by atoms with van der Waals surface area (Å²) in [5.41, 5.74) is 1.71. The van der Waals surface area contributed by atoms with Crippen molar-refractivity contribution in [1.29, 1.82) is 0 Å². The van der Waals surface area contributed by atoms with Gasteiger partial charge in [-0.05, 0) is 31.5 Å². The third-order valence-electron chi connectivity index (χ3n) is 2.55. The van der Waals surface area contributed by atoms with Crippen LogP contribution in [0.2, 0.25) is 10.0 Å². The van der Waals surface area contributed by atoms with Gasteiger partial charge in [-0.15, -0.1) is 0 Å². The van der Waals surface area contributed by atoms with E-state index in [1.54, 1.807) is 6.07 Å². The summed E-state index contributed by atoms with van der Waals surface area (Å²) < 4.78 is 0.